The Bertz CT molecular complexity index is 1060. The van der Waals surface area contributed by atoms with Crippen molar-refractivity contribution >= 4 is 29.9 Å². The van der Waals surface area contributed by atoms with E-state index in [-0.39, 0.29) is 30.8 Å². The molecule has 1 amide bonds. The fourth-order valence-electron chi connectivity index (χ4n) is 3.61. The van der Waals surface area contributed by atoms with Crippen LogP contribution in [-0.2, 0) is 6.54 Å². The number of hydrogen-bond acceptors (Lipinski definition) is 5. The Balaban J connectivity index is 0.00000205. The molecule has 1 fully saturated rings. The standard InChI is InChI=1S/C19H16F2N6O.ClH/c20-13-3-5-25(10-13)18-16(21)6-12(8-23-18)17-7-15-11-26(19(28)27(15)24-17)14-2-1-4-22-9-14;/h1-2,4,6-9,13H,3,5,10-11H2;1H. The normalized spacial score (nSPS) is 18.1. The third-order valence-corrected chi connectivity index (χ3v) is 5.02. The molecular weight excluding hydrogens is 402 g/mol. The van der Waals surface area contributed by atoms with Gasteiger partial charge in [0.2, 0.25) is 0 Å². The van der Waals surface area contributed by atoms with Crippen molar-refractivity contribution in [1.82, 2.24) is 19.7 Å². The monoisotopic (exact) mass is 418 g/mol. The third kappa shape index (κ3) is 3.31. The molecule has 10 heteroatoms. The SMILES string of the molecule is Cl.O=C1N(c2cccnc2)Cc2cc(-c3cnc(N4CCC(F)C4)c(F)c3)nn21. The minimum atomic E-state index is -0.953. The number of aromatic nitrogens is 4. The van der Waals surface area contributed by atoms with Crippen molar-refractivity contribution < 1.29 is 13.6 Å². The summed E-state index contributed by atoms with van der Waals surface area (Å²) in [6, 6.07) is 6.35. The molecule has 1 saturated heterocycles. The summed E-state index contributed by atoms with van der Waals surface area (Å²) in [6.45, 7) is 0.958. The first-order chi connectivity index (χ1) is 13.6. The summed E-state index contributed by atoms with van der Waals surface area (Å²) >= 11 is 0. The van der Waals surface area contributed by atoms with Crippen LogP contribution in [0.1, 0.15) is 12.1 Å². The predicted molar refractivity (Wildman–Crippen MR) is 106 cm³/mol. The number of amides is 1. The van der Waals surface area contributed by atoms with Crippen LogP contribution in [0.15, 0.2) is 42.9 Å². The summed E-state index contributed by atoms with van der Waals surface area (Å²) in [4.78, 5) is 24.0. The topological polar surface area (TPSA) is 67.2 Å². The van der Waals surface area contributed by atoms with Gasteiger partial charge in [0.25, 0.3) is 0 Å². The quantitative estimate of drug-likeness (QED) is 0.652. The summed E-state index contributed by atoms with van der Waals surface area (Å²) < 4.78 is 29.2. The van der Waals surface area contributed by atoms with Crippen LogP contribution in [0.25, 0.3) is 11.3 Å². The number of anilines is 2. The second-order valence-electron chi connectivity index (χ2n) is 6.87. The Kier molecular flexibility index (Phi) is 4.91. The van der Waals surface area contributed by atoms with E-state index in [1.807, 2.05) is 0 Å². The summed E-state index contributed by atoms with van der Waals surface area (Å²) in [5.74, 6) is -0.377. The molecule has 2 aliphatic heterocycles. The van der Waals surface area contributed by atoms with Crippen LogP contribution in [0.3, 0.4) is 0 Å². The zero-order chi connectivity index (χ0) is 19.3. The molecule has 1 atom stereocenters. The lowest BCUT2D eigenvalue weighted by Crippen LogP contribution is -2.26. The summed E-state index contributed by atoms with van der Waals surface area (Å²) in [6.07, 6.45) is 4.19. The number of alkyl halides is 1. The number of pyridine rings is 2. The van der Waals surface area contributed by atoms with E-state index in [1.165, 1.54) is 16.9 Å². The molecule has 3 aromatic heterocycles. The summed E-state index contributed by atoms with van der Waals surface area (Å²) in [7, 11) is 0. The molecule has 0 saturated carbocycles. The molecule has 150 valence electrons. The molecule has 0 bridgehead atoms. The third-order valence-electron chi connectivity index (χ3n) is 5.02. The van der Waals surface area contributed by atoms with Gasteiger partial charge in [-0.1, -0.05) is 0 Å². The second kappa shape index (κ2) is 7.40. The predicted octanol–water partition coefficient (Wildman–Crippen LogP) is 3.44. The van der Waals surface area contributed by atoms with Crippen LogP contribution in [0.2, 0.25) is 0 Å². The highest BCUT2D eigenvalue weighted by molar-refractivity contribution is 5.96. The van der Waals surface area contributed by atoms with E-state index >= 15 is 0 Å². The Morgan fingerprint density at radius 3 is 2.72 bits per heavy atom. The lowest BCUT2D eigenvalue weighted by molar-refractivity contribution is 0.248. The van der Waals surface area contributed by atoms with Crippen molar-refractivity contribution in [2.24, 2.45) is 0 Å². The Labute approximate surface area is 171 Å². The molecule has 1 unspecified atom stereocenters. The molecule has 0 spiro atoms. The first kappa shape index (κ1) is 19.3. The average molecular weight is 419 g/mol. The van der Waals surface area contributed by atoms with Gasteiger partial charge in [-0.05, 0) is 30.7 Å². The lowest BCUT2D eigenvalue weighted by Gasteiger charge is -2.17. The van der Waals surface area contributed by atoms with Crippen molar-refractivity contribution in [3.05, 3.63) is 54.4 Å². The zero-order valence-corrected chi connectivity index (χ0v) is 16.0. The van der Waals surface area contributed by atoms with E-state index in [0.717, 1.165) is 0 Å². The molecule has 0 radical (unpaired) electrons. The van der Waals surface area contributed by atoms with Gasteiger partial charge >= 0.3 is 6.03 Å². The van der Waals surface area contributed by atoms with E-state index in [0.29, 0.717) is 42.1 Å². The maximum atomic E-state index is 14.5. The second-order valence-corrected chi connectivity index (χ2v) is 6.87. The molecule has 0 N–H and O–H groups in total. The van der Waals surface area contributed by atoms with Gasteiger partial charge in [-0.15, -0.1) is 12.4 Å². The van der Waals surface area contributed by atoms with E-state index in [4.69, 9.17) is 0 Å². The number of fused-ring (bicyclic) bond motifs is 1. The van der Waals surface area contributed by atoms with E-state index in [1.54, 1.807) is 40.4 Å². The zero-order valence-electron chi connectivity index (χ0n) is 15.2. The fraction of sp³-hybridized carbons (Fsp3) is 0.263. The van der Waals surface area contributed by atoms with Crippen molar-refractivity contribution in [2.75, 3.05) is 22.9 Å². The van der Waals surface area contributed by atoms with Crippen LogP contribution in [0.5, 0.6) is 0 Å². The molecular formula is C19H17ClF2N6O. The Morgan fingerprint density at radius 1 is 1.21 bits per heavy atom. The van der Waals surface area contributed by atoms with Crippen molar-refractivity contribution in [3.8, 4) is 11.3 Å². The molecule has 0 aliphatic carbocycles. The smallest absolute Gasteiger partial charge is 0.349 e. The molecule has 0 aromatic carbocycles. The number of hydrogen-bond donors (Lipinski definition) is 0. The highest BCUT2D eigenvalue weighted by Crippen LogP contribution is 2.30. The molecule has 7 nitrogen and oxygen atoms in total. The van der Waals surface area contributed by atoms with Crippen molar-refractivity contribution in [1.29, 1.82) is 0 Å². The minimum Gasteiger partial charge on any atom is -0.351 e. The maximum absolute atomic E-state index is 14.5. The average Bonchev–Trinajstić information content (AvgIpc) is 3.39. The first-order valence-electron chi connectivity index (χ1n) is 8.96. The number of nitrogens with zero attached hydrogens (tertiary/aromatic N) is 6. The van der Waals surface area contributed by atoms with Crippen LogP contribution in [-0.4, -0.2) is 45.0 Å². The van der Waals surface area contributed by atoms with E-state index < -0.39 is 12.0 Å². The highest BCUT2D eigenvalue weighted by atomic mass is 35.5. The van der Waals surface area contributed by atoms with Gasteiger partial charge in [0.05, 0.1) is 36.4 Å². The summed E-state index contributed by atoms with van der Waals surface area (Å²) in [5.41, 5.74) is 2.33. The number of halogens is 3. The van der Waals surface area contributed by atoms with Crippen molar-refractivity contribution in [3.63, 3.8) is 0 Å². The van der Waals surface area contributed by atoms with Crippen molar-refractivity contribution in [2.45, 2.75) is 19.1 Å². The fourth-order valence-corrected chi connectivity index (χ4v) is 3.61. The summed E-state index contributed by atoms with van der Waals surface area (Å²) in [5, 5.41) is 4.32. The number of rotatable bonds is 3. The van der Waals surface area contributed by atoms with Crippen LogP contribution < -0.4 is 9.80 Å². The van der Waals surface area contributed by atoms with Crippen LogP contribution in [0, 0.1) is 5.82 Å². The van der Waals surface area contributed by atoms with E-state index in [9.17, 15) is 13.6 Å². The van der Waals surface area contributed by atoms with E-state index in [2.05, 4.69) is 15.1 Å². The van der Waals surface area contributed by atoms with Gasteiger partial charge in [-0.25, -0.2) is 18.6 Å². The van der Waals surface area contributed by atoms with Gasteiger partial charge in [-0.3, -0.25) is 9.88 Å². The van der Waals surface area contributed by atoms with Crippen LogP contribution in [0.4, 0.5) is 25.1 Å². The van der Waals surface area contributed by atoms with Gasteiger partial charge in [0, 0.05) is 24.5 Å². The first-order valence-corrected chi connectivity index (χ1v) is 8.96. The lowest BCUT2D eigenvalue weighted by atomic mass is 10.2. The molecule has 29 heavy (non-hydrogen) atoms. The van der Waals surface area contributed by atoms with Crippen LogP contribution >= 0.6 is 12.4 Å². The molecule has 2 aliphatic rings. The van der Waals surface area contributed by atoms with Gasteiger partial charge in [0.15, 0.2) is 11.6 Å². The Hall–Kier alpha value is -3.07. The molecule has 5 rings (SSSR count). The minimum absolute atomic E-state index is 0. The largest absolute Gasteiger partial charge is 0.351 e. The number of carbonyl (C=O) groups excluding carboxylic acids is 1. The van der Waals surface area contributed by atoms with Gasteiger partial charge in [-0.2, -0.15) is 9.78 Å². The maximum Gasteiger partial charge on any atom is 0.349 e. The Morgan fingerprint density at radius 2 is 2.07 bits per heavy atom. The number of carbonyl (C=O) groups is 1. The van der Waals surface area contributed by atoms with Gasteiger partial charge in [0.1, 0.15) is 6.17 Å². The molecule has 3 aromatic rings. The highest BCUT2D eigenvalue weighted by Gasteiger charge is 2.31. The molecule has 5 heterocycles. The van der Waals surface area contributed by atoms with Gasteiger partial charge < -0.3 is 4.90 Å².